The number of pyridine rings is 1. The maximum absolute atomic E-state index is 14.3. The Balaban J connectivity index is 1.11. The van der Waals surface area contributed by atoms with Crippen molar-refractivity contribution in [2.75, 3.05) is 26.3 Å². The Morgan fingerprint density at radius 3 is 2.49 bits per heavy atom. The first-order chi connectivity index (χ1) is 22.8. The number of thiazole rings is 1. The summed E-state index contributed by atoms with van der Waals surface area (Å²) in [5.41, 5.74) is 3.00. The number of aromatic hydroxyl groups is 1. The quantitative estimate of drug-likeness (QED) is 0.191. The maximum Gasteiger partial charge on any atom is 0.270 e. The van der Waals surface area contributed by atoms with Crippen LogP contribution in [0.15, 0.2) is 60.1 Å². The van der Waals surface area contributed by atoms with Crippen LogP contribution in [0.3, 0.4) is 0 Å². The SMILES string of the molecule is O=C(N[C@H]1CC[C@@H](NC(=O)c2cc(F)cnc2Oc2cccc(-c3ccc(O)cc3CN3CCOCC3)c2)CC1)c1csc(CO)n1. The van der Waals surface area contributed by atoms with Crippen LogP contribution in [0.5, 0.6) is 17.4 Å². The van der Waals surface area contributed by atoms with Crippen LogP contribution in [0.2, 0.25) is 0 Å². The second kappa shape index (κ2) is 15.0. The summed E-state index contributed by atoms with van der Waals surface area (Å²) in [4.78, 5) is 36.4. The number of benzene rings is 2. The molecule has 3 heterocycles. The highest BCUT2D eigenvalue weighted by Gasteiger charge is 2.26. The number of nitrogens with one attached hydrogen (secondary N) is 2. The lowest BCUT2D eigenvalue weighted by Gasteiger charge is -2.29. The van der Waals surface area contributed by atoms with Crippen molar-refractivity contribution in [1.82, 2.24) is 25.5 Å². The van der Waals surface area contributed by atoms with E-state index in [-0.39, 0.29) is 47.5 Å². The van der Waals surface area contributed by atoms with Crippen LogP contribution >= 0.6 is 11.3 Å². The first-order valence-corrected chi connectivity index (χ1v) is 16.5. The minimum absolute atomic E-state index is 0.0215. The Hall–Kier alpha value is -4.43. The lowest BCUT2D eigenvalue weighted by Crippen LogP contribution is -2.44. The van der Waals surface area contributed by atoms with Gasteiger partial charge in [-0.05, 0) is 72.7 Å². The van der Waals surface area contributed by atoms with E-state index in [4.69, 9.17) is 9.47 Å². The summed E-state index contributed by atoms with van der Waals surface area (Å²) in [6, 6.07) is 13.5. The molecule has 1 aliphatic heterocycles. The molecule has 4 aromatic rings. The molecule has 246 valence electrons. The van der Waals surface area contributed by atoms with Crippen molar-refractivity contribution in [3.63, 3.8) is 0 Å². The van der Waals surface area contributed by atoms with E-state index in [1.54, 1.807) is 23.6 Å². The van der Waals surface area contributed by atoms with Crippen LogP contribution in [-0.2, 0) is 17.9 Å². The zero-order valence-corrected chi connectivity index (χ0v) is 26.5. The summed E-state index contributed by atoms with van der Waals surface area (Å²) in [6.07, 6.45) is 3.55. The van der Waals surface area contributed by atoms with Gasteiger partial charge in [0, 0.05) is 37.1 Å². The topological polar surface area (TPSA) is 146 Å². The lowest BCUT2D eigenvalue weighted by atomic mass is 9.91. The molecule has 0 unspecified atom stereocenters. The van der Waals surface area contributed by atoms with Gasteiger partial charge in [-0.25, -0.2) is 14.4 Å². The Labute approximate surface area is 275 Å². The number of aromatic nitrogens is 2. The van der Waals surface area contributed by atoms with Gasteiger partial charge in [-0.1, -0.05) is 18.2 Å². The first-order valence-electron chi connectivity index (χ1n) is 15.6. The Kier molecular flexibility index (Phi) is 10.4. The average Bonchev–Trinajstić information content (AvgIpc) is 3.57. The maximum atomic E-state index is 14.3. The zero-order valence-electron chi connectivity index (χ0n) is 25.7. The second-order valence-corrected chi connectivity index (χ2v) is 12.6. The van der Waals surface area contributed by atoms with Crippen molar-refractivity contribution < 1.29 is 33.7 Å². The largest absolute Gasteiger partial charge is 0.508 e. The number of phenols is 1. The van der Waals surface area contributed by atoms with E-state index in [9.17, 15) is 24.2 Å². The molecule has 0 spiro atoms. The van der Waals surface area contributed by atoms with Crippen molar-refractivity contribution in [1.29, 1.82) is 0 Å². The van der Waals surface area contributed by atoms with Gasteiger partial charge in [0.25, 0.3) is 11.8 Å². The Morgan fingerprint density at radius 2 is 1.77 bits per heavy atom. The van der Waals surface area contributed by atoms with Crippen LogP contribution < -0.4 is 15.4 Å². The molecule has 2 aliphatic rings. The molecule has 2 aromatic heterocycles. The number of morpholine rings is 1. The molecule has 11 nitrogen and oxygen atoms in total. The standard InChI is InChI=1S/C34H36FN5O6S/c35-23-16-29(32(43)37-24-4-6-25(7-5-24)38-33(44)30-20-47-31(19-41)39-30)34(36-17-23)46-27-3-1-2-21(15-27)28-9-8-26(42)14-22(28)18-40-10-12-45-13-11-40/h1-3,8-9,14-17,20,24-25,41-42H,4-7,10-13,18-19H2,(H,37,43)(H,38,44)/t24-,25+. The van der Waals surface area contributed by atoms with E-state index >= 15 is 0 Å². The van der Waals surface area contributed by atoms with Gasteiger partial charge >= 0.3 is 0 Å². The van der Waals surface area contributed by atoms with Crippen LogP contribution in [0.4, 0.5) is 4.39 Å². The number of rotatable bonds is 10. The molecule has 1 saturated heterocycles. The Bertz CT molecular complexity index is 1720. The number of ether oxygens (including phenoxy) is 2. The molecule has 0 bridgehead atoms. The fraction of sp³-hybridized carbons (Fsp3) is 0.353. The number of aliphatic hydroxyl groups is 1. The second-order valence-electron chi connectivity index (χ2n) is 11.6. The predicted molar refractivity (Wildman–Crippen MR) is 173 cm³/mol. The smallest absolute Gasteiger partial charge is 0.270 e. The van der Waals surface area contributed by atoms with Gasteiger partial charge in [0.15, 0.2) is 0 Å². The van der Waals surface area contributed by atoms with Crippen LogP contribution in [0.1, 0.15) is 57.1 Å². The van der Waals surface area contributed by atoms with Crippen molar-refractivity contribution >= 4 is 23.2 Å². The lowest BCUT2D eigenvalue weighted by molar-refractivity contribution is 0.0342. The normalized spacial score (nSPS) is 18.4. The number of amides is 2. The molecule has 0 radical (unpaired) electrons. The molecular weight excluding hydrogens is 625 g/mol. The zero-order chi connectivity index (χ0) is 32.8. The van der Waals surface area contributed by atoms with Gasteiger partial charge < -0.3 is 30.3 Å². The van der Waals surface area contributed by atoms with Gasteiger partial charge in [0.2, 0.25) is 5.88 Å². The van der Waals surface area contributed by atoms with E-state index in [0.29, 0.717) is 56.2 Å². The molecule has 1 aliphatic carbocycles. The molecular formula is C34H36FN5O6S. The minimum Gasteiger partial charge on any atom is -0.508 e. The van der Waals surface area contributed by atoms with Gasteiger partial charge in [-0.15, -0.1) is 11.3 Å². The fourth-order valence-corrected chi connectivity index (χ4v) is 6.53. The molecule has 2 amide bonds. The minimum atomic E-state index is -0.661. The van der Waals surface area contributed by atoms with Gasteiger partial charge in [0.1, 0.15) is 33.6 Å². The van der Waals surface area contributed by atoms with Crippen molar-refractivity contribution in [3.8, 4) is 28.5 Å². The number of aliphatic hydroxyl groups excluding tert-OH is 1. The van der Waals surface area contributed by atoms with Crippen molar-refractivity contribution in [2.45, 2.75) is 50.9 Å². The molecule has 6 rings (SSSR count). The number of carbonyl (C=O) groups excluding carboxylic acids is 2. The van der Waals surface area contributed by atoms with Gasteiger partial charge in [0.05, 0.1) is 26.0 Å². The number of phenolic OH excluding ortho intramolecular Hbond substituents is 1. The summed E-state index contributed by atoms with van der Waals surface area (Å²) < 4.78 is 25.9. The summed E-state index contributed by atoms with van der Waals surface area (Å²) in [5.74, 6) is -0.868. The Morgan fingerprint density at radius 1 is 1.02 bits per heavy atom. The van der Waals surface area contributed by atoms with E-state index in [1.165, 1.54) is 11.3 Å². The number of hydrogen-bond donors (Lipinski definition) is 4. The van der Waals surface area contributed by atoms with Crippen LogP contribution in [0, 0.1) is 5.82 Å². The van der Waals surface area contributed by atoms with Gasteiger partial charge in [-0.3, -0.25) is 14.5 Å². The van der Waals surface area contributed by atoms with Crippen molar-refractivity contribution in [3.05, 3.63) is 87.8 Å². The fourth-order valence-electron chi connectivity index (χ4n) is 5.89. The third kappa shape index (κ3) is 8.30. The summed E-state index contributed by atoms with van der Waals surface area (Å²) >= 11 is 1.23. The van der Waals surface area contributed by atoms with E-state index < -0.39 is 11.7 Å². The summed E-state index contributed by atoms with van der Waals surface area (Å²) in [6.45, 7) is 3.37. The highest BCUT2D eigenvalue weighted by molar-refractivity contribution is 7.09. The van der Waals surface area contributed by atoms with Crippen molar-refractivity contribution in [2.24, 2.45) is 0 Å². The summed E-state index contributed by atoms with van der Waals surface area (Å²) in [5, 5.41) is 27.5. The average molecular weight is 662 g/mol. The molecule has 4 N–H and O–H groups in total. The number of halogens is 1. The van der Waals surface area contributed by atoms with E-state index in [2.05, 4.69) is 25.5 Å². The highest BCUT2D eigenvalue weighted by atomic mass is 32.1. The number of hydrogen-bond acceptors (Lipinski definition) is 10. The van der Waals surface area contributed by atoms with E-state index in [0.717, 1.165) is 42.0 Å². The summed E-state index contributed by atoms with van der Waals surface area (Å²) in [7, 11) is 0. The first kappa shape index (κ1) is 32.5. The molecule has 13 heteroatoms. The molecule has 1 saturated carbocycles. The highest BCUT2D eigenvalue weighted by Crippen LogP contribution is 2.33. The van der Waals surface area contributed by atoms with E-state index in [1.807, 2.05) is 24.3 Å². The molecule has 2 fully saturated rings. The number of nitrogens with zero attached hydrogens (tertiary/aromatic N) is 3. The molecule has 2 aromatic carbocycles. The third-order valence-corrected chi connectivity index (χ3v) is 9.16. The number of carbonyl (C=O) groups is 2. The predicted octanol–water partition coefficient (Wildman–Crippen LogP) is 4.64. The van der Waals surface area contributed by atoms with Crippen LogP contribution in [-0.4, -0.2) is 75.3 Å². The molecule has 0 atom stereocenters. The van der Waals surface area contributed by atoms with Gasteiger partial charge in [-0.2, -0.15) is 0 Å². The third-order valence-electron chi connectivity index (χ3n) is 8.33. The molecule has 47 heavy (non-hydrogen) atoms. The monoisotopic (exact) mass is 661 g/mol. The van der Waals surface area contributed by atoms with Crippen LogP contribution in [0.25, 0.3) is 11.1 Å².